The Labute approximate surface area is 99.6 Å². The minimum absolute atomic E-state index is 0.121. The molecule has 0 spiro atoms. The molecule has 16 heavy (non-hydrogen) atoms. The Kier molecular flexibility index (Phi) is 3.72. The second-order valence-corrected chi connectivity index (χ2v) is 4.86. The third-order valence-electron chi connectivity index (χ3n) is 2.35. The molecule has 1 amide bonds. The van der Waals surface area contributed by atoms with Crippen LogP contribution in [-0.4, -0.2) is 24.8 Å². The summed E-state index contributed by atoms with van der Waals surface area (Å²) in [6.07, 6.45) is 2.27. The molecule has 1 N–H and O–H groups in total. The normalized spacial score (nSPS) is 14.6. The molecule has 1 saturated carbocycles. The smallest absolute Gasteiger partial charge is 0.230 e. The van der Waals surface area contributed by atoms with E-state index in [1.54, 1.807) is 7.11 Å². The molecule has 2 rings (SSSR count). The highest BCUT2D eigenvalue weighted by Crippen LogP contribution is 2.23. The molecule has 0 bridgehead atoms. The fourth-order valence-corrected chi connectivity index (χ4v) is 2.09. The molecular formula is C12H15NO2S. The van der Waals surface area contributed by atoms with Crippen LogP contribution in [0, 0.1) is 0 Å². The average molecular weight is 237 g/mol. The zero-order chi connectivity index (χ0) is 11.4. The predicted molar refractivity (Wildman–Crippen MR) is 64.9 cm³/mol. The molecule has 0 aliphatic heterocycles. The lowest BCUT2D eigenvalue weighted by molar-refractivity contribution is -0.118. The fourth-order valence-electron chi connectivity index (χ4n) is 1.34. The first-order chi connectivity index (χ1) is 7.78. The van der Waals surface area contributed by atoms with E-state index < -0.39 is 0 Å². The maximum absolute atomic E-state index is 11.5. The van der Waals surface area contributed by atoms with Crippen molar-refractivity contribution in [3.63, 3.8) is 0 Å². The van der Waals surface area contributed by atoms with E-state index in [9.17, 15) is 4.79 Å². The van der Waals surface area contributed by atoms with Crippen LogP contribution in [0.15, 0.2) is 29.2 Å². The van der Waals surface area contributed by atoms with Crippen LogP contribution < -0.4 is 10.1 Å². The van der Waals surface area contributed by atoms with Crippen molar-refractivity contribution in [2.24, 2.45) is 0 Å². The van der Waals surface area contributed by atoms with Crippen molar-refractivity contribution in [1.29, 1.82) is 0 Å². The highest BCUT2D eigenvalue weighted by atomic mass is 32.2. The summed E-state index contributed by atoms with van der Waals surface area (Å²) in [4.78, 5) is 12.5. The van der Waals surface area contributed by atoms with Gasteiger partial charge in [0.1, 0.15) is 5.75 Å². The van der Waals surface area contributed by atoms with Gasteiger partial charge < -0.3 is 10.1 Å². The summed E-state index contributed by atoms with van der Waals surface area (Å²) in [5.41, 5.74) is 0. The number of nitrogens with one attached hydrogen (secondary N) is 1. The van der Waals surface area contributed by atoms with Crippen molar-refractivity contribution in [2.45, 2.75) is 23.8 Å². The van der Waals surface area contributed by atoms with Gasteiger partial charge in [0.05, 0.1) is 12.9 Å². The van der Waals surface area contributed by atoms with Gasteiger partial charge >= 0.3 is 0 Å². The largest absolute Gasteiger partial charge is 0.497 e. The maximum Gasteiger partial charge on any atom is 0.230 e. The summed E-state index contributed by atoms with van der Waals surface area (Å²) in [6, 6.07) is 8.19. The van der Waals surface area contributed by atoms with Crippen LogP contribution in [0.3, 0.4) is 0 Å². The molecule has 0 saturated heterocycles. The van der Waals surface area contributed by atoms with Crippen molar-refractivity contribution < 1.29 is 9.53 Å². The van der Waals surface area contributed by atoms with E-state index in [4.69, 9.17) is 4.74 Å². The lowest BCUT2D eigenvalue weighted by Gasteiger charge is -2.04. The first-order valence-corrected chi connectivity index (χ1v) is 6.32. The van der Waals surface area contributed by atoms with Crippen molar-refractivity contribution in [3.8, 4) is 5.75 Å². The molecule has 0 aromatic heterocycles. The summed E-state index contributed by atoms with van der Waals surface area (Å²) < 4.78 is 5.12. The second kappa shape index (κ2) is 5.25. The molecule has 0 radical (unpaired) electrons. The van der Waals surface area contributed by atoms with Gasteiger partial charge in [-0.3, -0.25) is 4.79 Å². The quantitative estimate of drug-likeness (QED) is 0.797. The van der Waals surface area contributed by atoms with Crippen LogP contribution >= 0.6 is 11.8 Å². The number of amides is 1. The van der Waals surface area contributed by atoms with Crippen molar-refractivity contribution in [2.75, 3.05) is 12.9 Å². The van der Waals surface area contributed by atoms with Crippen LogP contribution in [-0.2, 0) is 4.79 Å². The Bertz CT molecular complexity index is 377. The Morgan fingerprint density at radius 2 is 2.38 bits per heavy atom. The van der Waals surface area contributed by atoms with Gasteiger partial charge in [-0.1, -0.05) is 6.07 Å². The van der Waals surface area contributed by atoms with Crippen molar-refractivity contribution in [1.82, 2.24) is 5.32 Å². The molecule has 0 unspecified atom stereocenters. The van der Waals surface area contributed by atoms with Crippen LogP contribution in [0.4, 0.5) is 0 Å². The van der Waals surface area contributed by atoms with Crippen LogP contribution in [0.5, 0.6) is 5.75 Å². The van der Waals surface area contributed by atoms with Gasteiger partial charge in [0, 0.05) is 10.9 Å². The van der Waals surface area contributed by atoms with Gasteiger partial charge in [0.15, 0.2) is 0 Å². The molecule has 1 fully saturated rings. The summed E-state index contributed by atoms with van der Waals surface area (Å²) in [6.45, 7) is 0. The molecule has 0 atom stereocenters. The van der Waals surface area contributed by atoms with E-state index in [2.05, 4.69) is 5.32 Å². The molecule has 86 valence electrons. The van der Waals surface area contributed by atoms with Crippen molar-refractivity contribution >= 4 is 17.7 Å². The fraction of sp³-hybridized carbons (Fsp3) is 0.417. The zero-order valence-electron chi connectivity index (χ0n) is 9.23. The Morgan fingerprint density at radius 3 is 3.06 bits per heavy atom. The predicted octanol–water partition coefficient (Wildman–Crippen LogP) is 2.07. The third-order valence-corrected chi connectivity index (χ3v) is 3.35. The third kappa shape index (κ3) is 3.45. The standard InChI is InChI=1S/C12H15NO2S/c1-15-10-3-2-4-11(7-10)16-8-12(14)13-9-5-6-9/h2-4,7,9H,5-6,8H2,1H3,(H,13,14). The van der Waals surface area contributed by atoms with Gasteiger partial charge in [-0.2, -0.15) is 0 Å². The Morgan fingerprint density at radius 1 is 1.56 bits per heavy atom. The Balaban J connectivity index is 1.80. The molecule has 1 aromatic carbocycles. The van der Waals surface area contributed by atoms with E-state index in [0.717, 1.165) is 23.5 Å². The molecule has 1 aromatic rings. The number of ether oxygens (including phenoxy) is 1. The highest BCUT2D eigenvalue weighted by Gasteiger charge is 2.22. The van der Waals surface area contributed by atoms with Crippen molar-refractivity contribution in [3.05, 3.63) is 24.3 Å². The van der Waals surface area contributed by atoms with Gasteiger partial charge in [-0.05, 0) is 31.0 Å². The summed E-state index contributed by atoms with van der Waals surface area (Å²) in [7, 11) is 1.64. The van der Waals surface area contributed by atoms with Gasteiger partial charge in [0.2, 0.25) is 5.91 Å². The summed E-state index contributed by atoms with van der Waals surface area (Å²) in [5, 5.41) is 2.96. The topological polar surface area (TPSA) is 38.3 Å². The number of hydrogen-bond acceptors (Lipinski definition) is 3. The lowest BCUT2D eigenvalue weighted by atomic mass is 10.3. The summed E-state index contributed by atoms with van der Waals surface area (Å²) >= 11 is 1.54. The van der Waals surface area contributed by atoms with Crippen LogP contribution in [0.2, 0.25) is 0 Å². The monoisotopic (exact) mass is 237 g/mol. The van der Waals surface area contributed by atoms with E-state index in [0.29, 0.717) is 11.8 Å². The number of hydrogen-bond donors (Lipinski definition) is 1. The van der Waals surface area contributed by atoms with Gasteiger partial charge in [-0.25, -0.2) is 0 Å². The van der Waals surface area contributed by atoms with E-state index >= 15 is 0 Å². The second-order valence-electron chi connectivity index (χ2n) is 3.81. The van der Waals surface area contributed by atoms with E-state index in [1.165, 1.54) is 11.8 Å². The van der Waals surface area contributed by atoms with E-state index in [-0.39, 0.29) is 5.91 Å². The number of carbonyl (C=O) groups excluding carboxylic acids is 1. The minimum Gasteiger partial charge on any atom is -0.497 e. The zero-order valence-corrected chi connectivity index (χ0v) is 10.0. The molecular weight excluding hydrogens is 222 g/mol. The molecule has 3 nitrogen and oxygen atoms in total. The summed E-state index contributed by atoms with van der Waals surface area (Å²) in [5.74, 6) is 1.42. The number of carbonyl (C=O) groups is 1. The van der Waals surface area contributed by atoms with Crippen LogP contribution in [0.1, 0.15) is 12.8 Å². The van der Waals surface area contributed by atoms with Gasteiger partial charge in [-0.15, -0.1) is 11.8 Å². The number of methoxy groups -OCH3 is 1. The molecule has 4 heteroatoms. The van der Waals surface area contributed by atoms with Gasteiger partial charge in [0.25, 0.3) is 0 Å². The Hall–Kier alpha value is -1.16. The molecule has 1 aliphatic carbocycles. The van der Waals surface area contributed by atoms with Crippen LogP contribution in [0.25, 0.3) is 0 Å². The number of benzene rings is 1. The number of thioether (sulfide) groups is 1. The molecule has 0 heterocycles. The first-order valence-electron chi connectivity index (χ1n) is 5.34. The maximum atomic E-state index is 11.5. The minimum atomic E-state index is 0.121. The highest BCUT2D eigenvalue weighted by molar-refractivity contribution is 8.00. The first kappa shape index (κ1) is 11.3. The average Bonchev–Trinajstić information content (AvgIpc) is 3.10. The number of rotatable bonds is 5. The van der Waals surface area contributed by atoms with E-state index in [1.807, 2.05) is 24.3 Å². The SMILES string of the molecule is COc1cccc(SCC(=O)NC2CC2)c1. The lowest BCUT2D eigenvalue weighted by Crippen LogP contribution is -2.26. The molecule has 1 aliphatic rings.